The highest BCUT2D eigenvalue weighted by Gasteiger charge is 2.18. The van der Waals surface area contributed by atoms with Crippen molar-refractivity contribution in [1.29, 1.82) is 0 Å². The fourth-order valence-electron chi connectivity index (χ4n) is 2.08. The summed E-state index contributed by atoms with van der Waals surface area (Å²) in [7, 11) is 0. The van der Waals surface area contributed by atoms with Crippen molar-refractivity contribution in [3.8, 4) is 11.3 Å². The van der Waals surface area contributed by atoms with E-state index in [9.17, 15) is 8.78 Å². The SMILES string of the molecule is Cc1ccc2nc(-c3c(F)cccc3F)c(N)n2c1. The summed E-state index contributed by atoms with van der Waals surface area (Å²) in [5.41, 5.74) is 7.42. The molecule has 0 aliphatic heterocycles. The maximum Gasteiger partial charge on any atom is 0.139 e. The second-order valence-corrected chi connectivity index (χ2v) is 4.38. The number of hydrogen-bond acceptors (Lipinski definition) is 2. The molecule has 1 aromatic carbocycles. The van der Waals surface area contributed by atoms with E-state index in [2.05, 4.69) is 4.98 Å². The van der Waals surface area contributed by atoms with Gasteiger partial charge in [0.05, 0.1) is 5.56 Å². The normalized spacial score (nSPS) is 11.1. The van der Waals surface area contributed by atoms with Gasteiger partial charge in [-0.1, -0.05) is 12.1 Å². The van der Waals surface area contributed by atoms with Crippen LogP contribution < -0.4 is 5.73 Å². The number of benzene rings is 1. The Hall–Kier alpha value is -2.43. The second-order valence-electron chi connectivity index (χ2n) is 4.38. The zero-order chi connectivity index (χ0) is 13.6. The zero-order valence-electron chi connectivity index (χ0n) is 10.2. The van der Waals surface area contributed by atoms with Crippen LogP contribution in [0.2, 0.25) is 0 Å². The van der Waals surface area contributed by atoms with Gasteiger partial charge < -0.3 is 5.73 Å². The molecular formula is C14H11F2N3. The average Bonchev–Trinajstić information content (AvgIpc) is 2.67. The van der Waals surface area contributed by atoms with E-state index in [1.807, 2.05) is 13.0 Å². The first-order chi connectivity index (χ1) is 9.08. The summed E-state index contributed by atoms with van der Waals surface area (Å²) in [6.45, 7) is 1.90. The Morgan fingerprint density at radius 3 is 2.47 bits per heavy atom. The highest BCUT2D eigenvalue weighted by molar-refractivity contribution is 5.75. The molecule has 0 aliphatic rings. The van der Waals surface area contributed by atoms with Crippen LogP contribution in [0.25, 0.3) is 16.9 Å². The van der Waals surface area contributed by atoms with Crippen molar-refractivity contribution in [3.63, 3.8) is 0 Å². The molecule has 3 aromatic rings. The number of aromatic nitrogens is 2. The fraction of sp³-hybridized carbons (Fsp3) is 0.0714. The summed E-state index contributed by atoms with van der Waals surface area (Å²) in [6, 6.07) is 7.31. The monoisotopic (exact) mass is 259 g/mol. The lowest BCUT2D eigenvalue weighted by Gasteiger charge is -2.02. The van der Waals surface area contributed by atoms with Crippen molar-refractivity contribution in [2.24, 2.45) is 0 Å². The predicted octanol–water partition coefficient (Wildman–Crippen LogP) is 3.17. The van der Waals surface area contributed by atoms with Crippen LogP contribution in [-0.4, -0.2) is 9.38 Å². The molecule has 2 aromatic heterocycles. The Balaban J connectivity index is 2.35. The van der Waals surface area contributed by atoms with Crippen molar-refractivity contribution in [2.75, 3.05) is 5.73 Å². The van der Waals surface area contributed by atoms with E-state index in [4.69, 9.17) is 5.73 Å². The van der Waals surface area contributed by atoms with Crippen LogP contribution >= 0.6 is 0 Å². The third kappa shape index (κ3) is 1.74. The number of anilines is 1. The minimum Gasteiger partial charge on any atom is -0.383 e. The van der Waals surface area contributed by atoms with Gasteiger partial charge in [-0.05, 0) is 30.7 Å². The van der Waals surface area contributed by atoms with Gasteiger partial charge >= 0.3 is 0 Å². The van der Waals surface area contributed by atoms with Gasteiger partial charge in [0.25, 0.3) is 0 Å². The van der Waals surface area contributed by atoms with E-state index in [0.717, 1.165) is 5.56 Å². The topological polar surface area (TPSA) is 43.3 Å². The van der Waals surface area contributed by atoms with Crippen molar-refractivity contribution < 1.29 is 8.78 Å². The first-order valence-electron chi connectivity index (χ1n) is 5.76. The molecule has 5 heteroatoms. The third-order valence-corrected chi connectivity index (χ3v) is 3.00. The lowest BCUT2D eigenvalue weighted by molar-refractivity contribution is 0.589. The minimum atomic E-state index is -0.674. The molecule has 0 aliphatic carbocycles. The highest BCUT2D eigenvalue weighted by atomic mass is 19.1. The maximum atomic E-state index is 13.8. The molecule has 0 atom stereocenters. The van der Waals surface area contributed by atoms with Gasteiger partial charge in [0.2, 0.25) is 0 Å². The minimum absolute atomic E-state index is 0.126. The van der Waals surface area contributed by atoms with Crippen LogP contribution in [0.15, 0.2) is 36.5 Å². The standard InChI is InChI=1S/C14H11F2N3/c1-8-5-6-11-18-13(14(17)19(11)7-8)12-9(15)3-2-4-10(12)16/h2-7H,17H2,1H3. The highest BCUT2D eigenvalue weighted by Crippen LogP contribution is 2.30. The number of halogens is 2. The van der Waals surface area contributed by atoms with Crippen molar-refractivity contribution >= 4 is 11.5 Å². The van der Waals surface area contributed by atoms with E-state index in [1.165, 1.54) is 18.2 Å². The first kappa shape index (κ1) is 11.6. The van der Waals surface area contributed by atoms with E-state index in [0.29, 0.717) is 5.65 Å². The fourth-order valence-corrected chi connectivity index (χ4v) is 2.08. The molecule has 0 spiro atoms. The number of fused-ring (bicyclic) bond motifs is 1. The number of nitrogens with zero attached hydrogens (tertiary/aromatic N) is 2. The molecule has 3 nitrogen and oxygen atoms in total. The van der Waals surface area contributed by atoms with Crippen molar-refractivity contribution in [1.82, 2.24) is 9.38 Å². The Kier molecular flexibility index (Phi) is 2.48. The number of aryl methyl sites for hydroxylation is 1. The zero-order valence-corrected chi connectivity index (χ0v) is 10.2. The van der Waals surface area contributed by atoms with Gasteiger partial charge in [-0.15, -0.1) is 0 Å². The Bertz CT molecular complexity index is 757. The summed E-state index contributed by atoms with van der Waals surface area (Å²) in [6.07, 6.45) is 1.78. The Labute approximate surface area is 108 Å². The molecule has 0 saturated carbocycles. The van der Waals surface area contributed by atoms with Crippen LogP contribution in [0, 0.1) is 18.6 Å². The van der Waals surface area contributed by atoms with E-state index in [1.54, 1.807) is 16.7 Å². The molecule has 19 heavy (non-hydrogen) atoms. The van der Waals surface area contributed by atoms with Crippen LogP contribution in [0.5, 0.6) is 0 Å². The lowest BCUT2D eigenvalue weighted by Crippen LogP contribution is -1.97. The Morgan fingerprint density at radius 1 is 1.11 bits per heavy atom. The first-order valence-corrected chi connectivity index (χ1v) is 5.76. The van der Waals surface area contributed by atoms with Gasteiger partial charge in [-0.2, -0.15) is 0 Å². The molecule has 0 radical (unpaired) electrons. The number of hydrogen-bond donors (Lipinski definition) is 1. The summed E-state index contributed by atoms with van der Waals surface area (Å²) in [5.74, 6) is -1.12. The molecule has 0 amide bonds. The van der Waals surface area contributed by atoms with Crippen LogP contribution in [0.3, 0.4) is 0 Å². The van der Waals surface area contributed by atoms with Crippen molar-refractivity contribution in [3.05, 3.63) is 53.7 Å². The van der Waals surface area contributed by atoms with Gasteiger partial charge in [0, 0.05) is 6.20 Å². The summed E-state index contributed by atoms with van der Waals surface area (Å²) < 4.78 is 29.2. The van der Waals surface area contributed by atoms with Crippen LogP contribution in [0.1, 0.15) is 5.56 Å². The van der Waals surface area contributed by atoms with Crippen LogP contribution in [-0.2, 0) is 0 Å². The smallest absolute Gasteiger partial charge is 0.139 e. The van der Waals surface area contributed by atoms with Crippen LogP contribution in [0.4, 0.5) is 14.6 Å². The quantitative estimate of drug-likeness (QED) is 0.729. The molecule has 0 bridgehead atoms. The van der Waals surface area contributed by atoms with E-state index < -0.39 is 11.6 Å². The van der Waals surface area contributed by atoms with Crippen molar-refractivity contribution in [2.45, 2.75) is 6.92 Å². The molecule has 0 saturated heterocycles. The number of imidazole rings is 1. The molecule has 96 valence electrons. The molecule has 3 rings (SSSR count). The number of pyridine rings is 1. The van der Waals surface area contributed by atoms with Gasteiger partial charge in [-0.25, -0.2) is 13.8 Å². The maximum absolute atomic E-state index is 13.8. The number of nitrogen functional groups attached to an aromatic ring is 1. The predicted molar refractivity (Wildman–Crippen MR) is 69.7 cm³/mol. The summed E-state index contributed by atoms with van der Waals surface area (Å²) >= 11 is 0. The number of nitrogens with two attached hydrogens (primary N) is 1. The van der Waals surface area contributed by atoms with Gasteiger partial charge in [0.15, 0.2) is 0 Å². The Morgan fingerprint density at radius 2 is 1.79 bits per heavy atom. The number of rotatable bonds is 1. The molecule has 0 unspecified atom stereocenters. The molecule has 2 heterocycles. The molecular weight excluding hydrogens is 248 g/mol. The van der Waals surface area contributed by atoms with Gasteiger partial charge in [0.1, 0.15) is 28.8 Å². The third-order valence-electron chi connectivity index (χ3n) is 3.00. The van der Waals surface area contributed by atoms with Gasteiger partial charge in [-0.3, -0.25) is 4.40 Å². The lowest BCUT2D eigenvalue weighted by atomic mass is 10.1. The molecule has 2 N–H and O–H groups in total. The largest absolute Gasteiger partial charge is 0.383 e. The average molecular weight is 259 g/mol. The van der Waals surface area contributed by atoms with E-state index in [-0.39, 0.29) is 17.1 Å². The summed E-state index contributed by atoms with van der Waals surface area (Å²) in [5, 5.41) is 0. The van der Waals surface area contributed by atoms with E-state index >= 15 is 0 Å². The molecule has 0 fully saturated rings. The second kappa shape index (κ2) is 4.05. The summed E-state index contributed by atoms with van der Waals surface area (Å²) in [4.78, 5) is 4.20.